The van der Waals surface area contributed by atoms with Crippen LogP contribution in [0, 0.1) is 5.82 Å². The molecule has 2 fully saturated rings. The van der Waals surface area contributed by atoms with Crippen LogP contribution in [0.25, 0.3) is 0 Å². The Kier molecular flexibility index (Phi) is 5.68. The average Bonchev–Trinajstić information content (AvgIpc) is 2.76. The number of aliphatic imine (C=N–C) groups is 1. The van der Waals surface area contributed by atoms with Crippen molar-refractivity contribution in [2.75, 3.05) is 32.8 Å². The Labute approximate surface area is 167 Å². The van der Waals surface area contributed by atoms with Crippen molar-refractivity contribution in [3.8, 4) is 0 Å². The van der Waals surface area contributed by atoms with E-state index in [1.807, 2.05) is 0 Å². The minimum Gasteiger partial charge on any atom is -0.379 e. The van der Waals surface area contributed by atoms with E-state index in [0.717, 1.165) is 25.9 Å². The van der Waals surface area contributed by atoms with E-state index < -0.39 is 23.6 Å². The topological polar surface area (TPSA) is 91.3 Å². The molecule has 0 bridgehead atoms. The first-order valence-electron chi connectivity index (χ1n) is 9.82. The highest BCUT2D eigenvalue weighted by atomic mass is 19.1. The molecule has 0 aliphatic carbocycles. The molecule has 1 aromatic rings. The lowest BCUT2D eigenvalue weighted by Gasteiger charge is -2.43. The van der Waals surface area contributed by atoms with Crippen molar-refractivity contribution in [3.05, 3.63) is 35.6 Å². The molecule has 2 amide bonds. The maximum Gasteiger partial charge on any atom is 0.298 e. The molecule has 0 spiro atoms. The standard InChI is InChI=1S/C20H23FN4O4/c21-14-5-3-13(4-6-14)12-22-19(27)16-17(26)20(28)25-7-1-2-15(18(25)23-16)24-8-10-29-11-9-24/h3-6,15-16H,1-2,7-12H2,(H,22,27). The molecule has 8 nitrogen and oxygen atoms in total. The number of nitrogens with one attached hydrogen (secondary N) is 1. The molecule has 2 unspecified atom stereocenters. The summed E-state index contributed by atoms with van der Waals surface area (Å²) in [5, 5.41) is 2.64. The first kappa shape index (κ1) is 19.7. The number of morpholine rings is 1. The van der Waals surface area contributed by atoms with Crippen LogP contribution in [-0.2, 0) is 25.7 Å². The maximum absolute atomic E-state index is 13.0. The fourth-order valence-electron chi connectivity index (χ4n) is 3.97. The number of halogens is 1. The van der Waals surface area contributed by atoms with Gasteiger partial charge >= 0.3 is 0 Å². The number of hydrogen-bond donors (Lipinski definition) is 1. The van der Waals surface area contributed by atoms with Crippen molar-refractivity contribution >= 4 is 23.4 Å². The summed E-state index contributed by atoms with van der Waals surface area (Å²) in [5.74, 6) is -1.97. The Morgan fingerprint density at radius 3 is 2.62 bits per heavy atom. The number of carbonyl (C=O) groups excluding carboxylic acids is 3. The summed E-state index contributed by atoms with van der Waals surface area (Å²) in [4.78, 5) is 45.9. The smallest absolute Gasteiger partial charge is 0.298 e. The predicted octanol–water partition coefficient (Wildman–Crippen LogP) is 0.115. The molecule has 1 N–H and O–H groups in total. The minimum absolute atomic E-state index is 0.0999. The van der Waals surface area contributed by atoms with Gasteiger partial charge in [0.25, 0.3) is 17.6 Å². The van der Waals surface area contributed by atoms with Crippen LogP contribution in [0.1, 0.15) is 18.4 Å². The number of carbonyl (C=O) groups is 3. The van der Waals surface area contributed by atoms with Gasteiger partial charge < -0.3 is 10.1 Å². The Morgan fingerprint density at radius 1 is 1.17 bits per heavy atom. The highest BCUT2D eigenvalue weighted by Crippen LogP contribution is 2.24. The molecule has 0 radical (unpaired) electrons. The number of nitrogens with zero attached hydrogens (tertiary/aromatic N) is 3. The number of Topliss-reactive ketones (excluding diaryl/α,β-unsaturated/α-hetero) is 1. The molecule has 4 rings (SSSR count). The summed E-state index contributed by atoms with van der Waals surface area (Å²) in [7, 11) is 0. The first-order valence-corrected chi connectivity index (χ1v) is 9.82. The minimum atomic E-state index is -1.38. The molecule has 3 aliphatic heterocycles. The van der Waals surface area contributed by atoms with Crippen LogP contribution in [-0.4, -0.2) is 78.2 Å². The third-order valence-electron chi connectivity index (χ3n) is 5.51. The van der Waals surface area contributed by atoms with Crippen molar-refractivity contribution in [2.24, 2.45) is 4.99 Å². The molecule has 29 heavy (non-hydrogen) atoms. The van der Waals surface area contributed by atoms with Gasteiger partial charge in [-0.3, -0.25) is 24.2 Å². The maximum atomic E-state index is 13.0. The molecule has 154 valence electrons. The average molecular weight is 402 g/mol. The molecular formula is C20H23FN4O4. The van der Waals surface area contributed by atoms with Crippen LogP contribution < -0.4 is 5.32 Å². The summed E-state index contributed by atoms with van der Waals surface area (Å²) in [6, 6.07) is 4.21. The SMILES string of the molecule is O=C(NCc1ccc(F)cc1)C1N=C2C(N3CCOCC3)CCCN2C(=O)C1=O. The van der Waals surface area contributed by atoms with Gasteiger partial charge in [0.05, 0.1) is 19.3 Å². The number of rotatable bonds is 4. The van der Waals surface area contributed by atoms with E-state index in [4.69, 9.17) is 4.74 Å². The van der Waals surface area contributed by atoms with Gasteiger partial charge in [-0.05, 0) is 30.5 Å². The second kappa shape index (κ2) is 8.38. The van der Waals surface area contributed by atoms with E-state index in [-0.39, 0.29) is 18.4 Å². The molecule has 0 aromatic heterocycles. The quantitative estimate of drug-likeness (QED) is 0.571. The molecule has 2 saturated heterocycles. The lowest BCUT2D eigenvalue weighted by atomic mass is 9.97. The number of fused-ring (bicyclic) bond motifs is 1. The number of piperidine rings is 1. The number of hydrogen-bond acceptors (Lipinski definition) is 6. The molecule has 2 atom stereocenters. The highest BCUT2D eigenvalue weighted by Gasteiger charge is 2.45. The Morgan fingerprint density at radius 2 is 1.90 bits per heavy atom. The van der Waals surface area contributed by atoms with E-state index in [9.17, 15) is 18.8 Å². The predicted molar refractivity (Wildman–Crippen MR) is 102 cm³/mol. The van der Waals surface area contributed by atoms with Crippen LogP contribution in [0.5, 0.6) is 0 Å². The summed E-state index contributed by atoms with van der Waals surface area (Å²) in [6.45, 7) is 3.23. The zero-order valence-electron chi connectivity index (χ0n) is 16.0. The van der Waals surface area contributed by atoms with Crippen LogP contribution >= 0.6 is 0 Å². The summed E-state index contributed by atoms with van der Waals surface area (Å²) >= 11 is 0. The zero-order valence-corrected chi connectivity index (χ0v) is 16.0. The summed E-state index contributed by atoms with van der Waals surface area (Å²) < 4.78 is 18.4. The number of amides is 2. The molecule has 3 aliphatic rings. The third kappa shape index (κ3) is 4.06. The van der Waals surface area contributed by atoms with Gasteiger partial charge in [-0.1, -0.05) is 12.1 Å². The van der Waals surface area contributed by atoms with Crippen LogP contribution in [0.2, 0.25) is 0 Å². The lowest BCUT2D eigenvalue weighted by molar-refractivity contribution is -0.146. The van der Waals surface area contributed by atoms with E-state index in [0.29, 0.717) is 31.2 Å². The third-order valence-corrected chi connectivity index (χ3v) is 5.51. The van der Waals surface area contributed by atoms with Gasteiger partial charge in [0.15, 0.2) is 6.04 Å². The molecular weight excluding hydrogens is 379 g/mol. The van der Waals surface area contributed by atoms with Gasteiger partial charge in [0, 0.05) is 26.2 Å². The summed E-state index contributed by atoms with van der Waals surface area (Å²) in [6.07, 6.45) is 1.60. The summed E-state index contributed by atoms with van der Waals surface area (Å²) in [5.41, 5.74) is 0.687. The Hall–Kier alpha value is -2.65. The lowest BCUT2D eigenvalue weighted by Crippen LogP contribution is -2.62. The van der Waals surface area contributed by atoms with E-state index in [1.54, 1.807) is 12.1 Å². The largest absolute Gasteiger partial charge is 0.379 e. The van der Waals surface area contributed by atoms with Gasteiger partial charge in [-0.2, -0.15) is 0 Å². The normalized spacial score (nSPS) is 25.4. The molecule has 3 heterocycles. The van der Waals surface area contributed by atoms with E-state index in [2.05, 4.69) is 15.2 Å². The van der Waals surface area contributed by atoms with E-state index in [1.165, 1.54) is 17.0 Å². The first-order chi connectivity index (χ1) is 14.0. The van der Waals surface area contributed by atoms with Gasteiger partial charge in [-0.15, -0.1) is 0 Å². The van der Waals surface area contributed by atoms with Crippen molar-refractivity contribution in [3.63, 3.8) is 0 Å². The number of amidine groups is 1. The van der Waals surface area contributed by atoms with Crippen molar-refractivity contribution in [1.29, 1.82) is 0 Å². The van der Waals surface area contributed by atoms with E-state index >= 15 is 0 Å². The molecule has 9 heteroatoms. The fourth-order valence-corrected chi connectivity index (χ4v) is 3.97. The molecule has 0 saturated carbocycles. The Balaban J connectivity index is 1.52. The number of ketones is 1. The van der Waals surface area contributed by atoms with Crippen molar-refractivity contribution in [2.45, 2.75) is 31.5 Å². The van der Waals surface area contributed by atoms with Crippen molar-refractivity contribution in [1.82, 2.24) is 15.1 Å². The molecule has 1 aromatic carbocycles. The number of ether oxygens (including phenoxy) is 1. The van der Waals surface area contributed by atoms with Crippen molar-refractivity contribution < 1.29 is 23.5 Å². The van der Waals surface area contributed by atoms with Crippen LogP contribution in [0.3, 0.4) is 0 Å². The second-order valence-corrected chi connectivity index (χ2v) is 7.36. The fraction of sp³-hybridized carbons (Fsp3) is 0.500. The highest BCUT2D eigenvalue weighted by molar-refractivity contribution is 6.46. The number of benzene rings is 1. The van der Waals surface area contributed by atoms with Gasteiger partial charge in [0.1, 0.15) is 11.7 Å². The zero-order chi connectivity index (χ0) is 20.4. The van der Waals surface area contributed by atoms with Crippen LogP contribution in [0.4, 0.5) is 4.39 Å². The monoisotopic (exact) mass is 402 g/mol. The van der Waals surface area contributed by atoms with Gasteiger partial charge in [-0.25, -0.2) is 9.38 Å². The van der Waals surface area contributed by atoms with Crippen LogP contribution in [0.15, 0.2) is 29.3 Å². The second-order valence-electron chi connectivity index (χ2n) is 7.36. The van der Waals surface area contributed by atoms with Gasteiger partial charge in [0.2, 0.25) is 0 Å². The Bertz CT molecular complexity index is 835.